The number of rotatable bonds is 4. The lowest BCUT2D eigenvalue weighted by molar-refractivity contribution is 0.0693. The van der Waals surface area contributed by atoms with Gasteiger partial charge >= 0.3 is 5.97 Å². The van der Waals surface area contributed by atoms with Crippen molar-refractivity contribution in [3.63, 3.8) is 0 Å². The molecule has 0 unspecified atom stereocenters. The predicted molar refractivity (Wildman–Crippen MR) is 292 cm³/mol. The monoisotopic (exact) mass is 927 g/mol. The molecule has 2 aliphatic rings. The van der Waals surface area contributed by atoms with E-state index in [2.05, 4.69) is 227 Å². The summed E-state index contributed by atoms with van der Waals surface area (Å²) in [6, 6.07) is 39.2. The van der Waals surface area contributed by atoms with Gasteiger partial charge in [0.15, 0.2) is 0 Å². The molecule has 356 valence electrons. The zero-order valence-corrected chi connectivity index (χ0v) is 43.3. The van der Waals surface area contributed by atoms with Crippen LogP contribution in [0.4, 0.5) is 0 Å². The first-order valence-corrected chi connectivity index (χ1v) is 24.6. The molecule has 0 amide bonds. The second-order valence-corrected chi connectivity index (χ2v) is 24.2. The maximum Gasteiger partial charge on any atom is 0.339 e. The van der Waals surface area contributed by atoms with E-state index in [1.807, 2.05) is 0 Å². The molecular formula is C63H66N4O3. The van der Waals surface area contributed by atoms with Gasteiger partial charge in [0.1, 0.15) is 17.1 Å². The van der Waals surface area contributed by atoms with Crippen LogP contribution in [0.1, 0.15) is 152 Å². The summed E-state index contributed by atoms with van der Waals surface area (Å²) in [4.78, 5) is 30.4. The Kier molecular flexibility index (Phi) is 10.6. The molecule has 0 saturated carbocycles. The fraction of sp³-hybridized carbons (Fsp3) is 0.302. The number of nitrogens with zero attached hydrogens (tertiary/aromatic N) is 1. The quantitative estimate of drug-likeness (QED) is 0.141. The van der Waals surface area contributed by atoms with E-state index in [9.17, 15) is 9.90 Å². The van der Waals surface area contributed by atoms with Crippen molar-refractivity contribution in [3.05, 3.63) is 160 Å². The van der Waals surface area contributed by atoms with Gasteiger partial charge in [-0.25, -0.2) is 9.78 Å². The van der Waals surface area contributed by atoms with E-state index in [4.69, 9.17) is 9.72 Å². The Labute approximate surface area is 412 Å². The number of H-pyrrole nitrogens is 3. The Balaban J connectivity index is 1.36. The van der Waals surface area contributed by atoms with E-state index in [1.165, 1.54) is 11.1 Å². The van der Waals surface area contributed by atoms with Gasteiger partial charge in [-0.15, -0.1) is 0 Å². The minimum atomic E-state index is -1.02. The Morgan fingerprint density at radius 1 is 0.471 bits per heavy atom. The maximum absolute atomic E-state index is 13.3. The van der Waals surface area contributed by atoms with Crippen LogP contribution in [-0.4, -0.2) is 31.0 Å². The zero-order chi connectivity index (χ0) is 50.0. The average molecular weight is 927 g/mol. The molecule has 0 atom stereocenters. The Morgan fingerprint density at radius 3 is 1.36 bits per heavy atom. The first kappa shape index (κ1) is 46.6. The van der Waals surface area contributed by atoms with Crippen LogP contribution in [0.5, 0.6) is 11.5 Å². The molecule has 0 spiro atoms. The Bertz CT molecular complexity index is 3580. The first-order chi connectivity index (χ1) is 32.8. The molecule has 0 saturated heterocycles. The van der Waals surface area contributed by atoms with E-state index in [0.29, 0.717) is 11.5 Å². The van der Waals surface area contributed by atoms with Gasteiger partial charge in [-0.3, -0.25) is 0 Å². The summed E-state index contributed by atoms with van der Waals surface area (Å²) in [7, 11) is 0. The molecule has 6 heterocycles. The Hall–Kier alpha value is -7.12. The molecular weight excluding hydrogens is 861 g/mol. The number of hydrogen-bond donors (Lipinski definition) is 4. The van der Waals surface area contributed by atoms with Gasteiger partial charge < -0.3 is 24.8 Å². The van der Waals surface area contributed by atoms with Crippen molar-refractivity contribution in [3.8, 4) is 44.9 Å². The van der Waals surface area contributed by atoms with Gasteiger partial charge in [0.25, 0.3) is 0 Å². The molecule has 2 aliphatic heterocycles. The highest BCUT2D eigenvalue weighted by Crippen LogP contribution is 2.55. The standard InChI is InChI=1S/C63H66N4O3/c1-59(2,3)37-19-15-35(16-20-37)53-47-25-23-45(64-47)46-24-26-48(65-46)54(36-17-21-38(22-18-36)60(4,5)6)50-28-30-52(67-50)55(51-29-27-49(53)66-51)41-31-39(61(7,8)9)33-43-56(41)70-57-42(58(68)69)32-40(62(10,11)12)34-44(57)63(43,13)14/h15-34,64,66-67H,1-14H3,(H,68,69). The predicted octanol–water partition coefficient (Wildman–Crippen LogP) is 17.0. The van der Waals surface area contributed by atoms with Crippen LogP contribution in [0.25, 0.3) is 78.6 Å². The molecule has 4 aromatic carbocycles. The Morgan fingerprint density at radius 2 is 0.871 bits per heavy atom. The van der Waals surface area contributed by atoms with Gasteiger partial charge in [0, 0.05) is 66.4 Å². The second-order valence-electron chi connectivity index (χ2n) is 24.2. The van der Waals surface area contributed by atoms with Crippen molar-refractivity contribution < 1.29 is 14.6 Å². The number of aromatic nitrogens is 4. The summed E-state index contributed by atoms with van der Waals surface area (Å²) in [5.41, 5.74) is 18.5. The summed E-state index contributed by atoms with van der Waals surface area (Å²) in [6.45, 7) is 30.9. The van der Waals surface area contributed by atoms with Gasteiger partial charge in [0.05, 0.1) is 16.9 Å². The number of carboxylic acids is 1. The molecule has 10 rings (SSSR count). The molecule has 7 nitrogen and oxygen atoms in total. The lowest BCUT2D eigenvalue weighted by Crippen LogP contribution is -2.28. The summed E-state index contributed by atoms with van der Waals surface area (Å²) in [5, 5.41) is 10.9. The highest BCUT2D eigenvalue weighted by Gasteiger charge is 2.41. The van der Waals surface area contributed by atoms with E-state index in [-0.39, 0.29) is 27.2 Å². The maximum atomic E-state index is 13.3. The number of aromatic carboxylic acids is 1. The van der Waals surface area contributed by atoms with Crippen LogP contribution in [-0.2, 0) is 27.1 Å². The number of hydrogen-bond acceptors (Lipinski definition) is 3. The molecule has 8 aromatic rings. The van der Waals surface area contributed by atoms with Gasteiger partial charge in [0.2, 0.25) is 0 Å². The number of ether oxygens (including phenoxy) is 1. The number of benzene rings is 4. The zero-order valence-electron chi connectivity index (χ0n) is 43.3. The number of fused-ring (bicyclic) bond motifs is 11. The number of carbonyl (C=O) groups is 1. The van der Waals surface area contributed by atoms with Crippen molar-refractivity contribution in [2.45, 2.75) is 124 Å². The summed E-state index contributed by atoms with van der Waals surface area (Å²) < 4.78 is 7.19. The van der Waals surface area contributed by atoms with Crippen LogP contribution >= 0.6 is 0 Å². The fourth-order valence-electron chi connectivity index (χ4n) is 10.2. The van der Waals surface area contributed by atoms with Crippen LogP contribution in [0.2, 0.25) is 0 Å². The van der Waals surface area contributed by atoms with Crippen molar-refractivity contribution in [2.75, 3.05) is 0 Å². The van der Waals surface area contributed by atoms with E-state index < -0.39 is 11.4 Å². The van der Waals surface area contributed by atoms with Crippen LogP contribution < -0.4 is 4.74 Å². The molecule has 7 heteroatoms. The lowest BCUT2D eigenvalue weighted by atomic mass is 9.70. The third-order valence-corrected chi connectivity index (χ3v) is 14.6. The van der Waals surface area contributed by atoms with E-state index in [0.717, 1.165) is 100 Å². The third-order valence-electron chi connectivity index (χ3n) is 14.6. The SMILES string of the molecule is CC(C)(C)c1ccc(-c2c3nc(c4ccc([nH]4)c(-c4ccc(C(C)(C)C)cc4)c4ccc([nH]4)c(-c4cc(C(C)(C)C)cc5c4Oc4c(C(=O)O)cc(C(C)(C)C)cc4C5(C)C)c4ccc2[nH]4)C=C3)cc1. The third kappa shape index (κ3) is 8.03. The van der Waals surface area contributed by atoms with E-state index in [1.54, 1.807) is 6.07 Å². The molecule has 70 heavy (non-hydrogen) atoms. The smallest absolute Gasteiger partial charge is 0.339 e. The molecule has 0 aliphatic carbocycles. The molecule has 4 aromatic heterocycles. The summed E-state index contributed by atoms with van der Waals surface area (Å²) in [6.07, 6.45) is 4.22. The van der Waals surface area contributed by atoms with Gasteiger partial charge in [-0.05, 0) is 116 Å². The second kappa shape index (κ2) is 16.0. The van der Waals surface area contributed by atoms with Gasteiger partial charge in [-0.1, -0.05) is 158 Å². The number of aromatic amines is 3. The molecule has 8 bridgehead atoms. The molecule has 0 radical (unpaired) electrons. The van der Waals surface area contributed by atoms with Gasteiger partial charge in [-0.2, -0.15) is 0 Å². The normalized spacial score (nSPS) is 14.1. The highest BCUT2D eigenvalue weighted by molar-refractivity contribution is 6.02. The topological polar surface area (TPSA) is 107 Å². The minimum Gasteiger partial charge on any atom is -0.478 e. The van der Waals surface area contributed by atoms with Crippen LogP contribution in [0.15, 0.2) is 109 Å². The van der Waals surface area contributed by atoms with Crippen molar-refractivity contribution in [2.24, 2.45) is 0 Å². The van der Waals surface area contributed by atoms with Crippen LogP contribution in [0.3, 0.4) is 0 Å². The van der Waals surface area contributed by atoms with Crippen molar-refractivity contribution >= 4 is 51.2 Å². The van der Waals surface area contributed by atoms with Crippen LogP contribution in [0, 0.1) is 0 Å². The van der Waals surface area contributed by atoms with Crippen molar-refractivity contribution in [1.82, 2.24) is 19.9 Å². The van der Waals surface area contributed by atoms with E-state index >= 15 is 0 Å². The fourth-order valence-corrected chi connectivity index (χ4v) is 10.2. The highest BCUT2D eigenvalue weighted by atomic mass is 16.5. The summed E-state index contributed by atoms with van der Waals surface area (Å²) >= 11 is 0. The lowest BCUT2D eigenvalue weighted by Gasteiger charge is -2.38. The largest absolute Gasteiger partial charge is 0.478 e. The number of carboxylic acid groups (broad SMARTS) is 1. The summed E-state index contributed by atoms with van der Waals surface area (Å²) in [5.74, 6) is -0.00542. The van der Waals surface area contributed by atoms with Crippen molar-refractivity contribution in [1.29, 1.82) is 0 Å². The first-order valence-electron chi connectivity index (χ1n) is 24.6. The molecule has 0 fully saturated rings. The number of nitrogens with one attached hydrogen (secondary N) is 3. The average Bonchev–Trinajstić information content (AvgIpc) is 4.13. The molecule has 4 N–H and O–H groups in total. The minimum absolute atomic E-state index is 0.00737.